The third-order valence-corrected chi connectivity index (χ3v) is 3.78. The van der Waals surface area contributed by atoms with Gasteiger partial charge in [-0.15, -0.1) is 0 Å². The molecule has 0 aromatic heterocycles. The van der Waals surface area contributed by atoms with E-state index in [4.69, 9.17) is 14.7 Å². The van der Waals surface area contributed by atoms with E-state index in [1.807, 2.05) is 30.3 Å². The van der Waals surface area contributed by atoms with Crippen LogP contribution < -0.4 is 9.47 Å². The van der Waals surface area contributed by atoms with Gasteiger partial charge in [0.2, 0.25) is 0 Å². The van der Waals surface area contributed by atoms with Crippen molar-refractivity contribution < 1.29 is 13.9 Å². The van der Waals surface area contributed by atoms with Crippen LogP contribution in [-0.4, -0.2) is 7.11 Å². The second kappa shape index (κ2) is 6.57. The number of hydrogen-bond donors (Lipinski definition) is 0. The highest BCUT2D eigenvalue weighted by molar-refractivity contribution is 14.1. The highest BCUT2D eigenvalue weighted by atomic mass is 127. The maximum atomic E-state index is 13.4. The summed E-state index contributed by atoms with van der Waals surface area (Å²) >= 11 is 1.80. The summed E-state index contributed by atoms with van der Waals surface area (Å²) in [5.74, 6) is 0.732. The van der Waals surface area contributed by atoms with Crippen molar-refractivity contribution in [1.29, 1.82) is 5.26 Å². The second-order valence-electron chi connectivity index (χ2n) is 3.98. The molecule has 0 unspecified atom stereocenters. The molecular weight excluding hydrogens is 372 g/mol. The van der Waals surface area contributed by atoms with E-state index in [1.54, 1.807) is 29.7 Å². The largest absolute Gasteiger partial charge is 0.497 e. The Balaban J connectivity index is 2.14. The monoisotopic (exact) mass is 383 g/mol. The van der Waals surface area contributed by atoms with Crippen LogP contribution in [0.5, 0.6) is 11.5 Å². The Bertz CT molecular complexity index is 650. The van der Waals surface area contributed by atoms with Crippen LogP contribution in [0, 0.1) is 20.7 Å². The summed E-state index contributed by atoms with van der Waals surface area (Å²) in [5.41, 5.74) is 1.16. The summed E-state index contributed by atoms with van der Waals surface area (Å²) < 4.78 is 24.3. The standard InChI is InChI=1S/C15H11FINO2/c1-19-11-4-2-10(3-5-11)9-20-14-7-6-13(16)15(17)12(14)8-18/h2-7H,9H2,1H3. The van der Waals surface area contributed by atoms with E-state index in [-0.39, 0.29) is 9.13 Å². The number of rotatable bonds is 4. The highest BCUT2D eigenvalue weighted by Crippen LogP contribution is 2.26. The molecule has 102 valence electrons. The maximum Gasteiger partial charge on any atom is 0.138 e. The van der Waals surface area contributed by atoms with Crippen LogP contribution >= 0.6 is 22.6 Å². The summed E-state index contributed by atoms with van der Waals surface area (Å²) in [6, 6.07) is 12.1. The van der Waals surface area contributed by atoms with Gasteiger partial charge >= 0.3 is 0 Å². The quantitative estimate of drug-likeness (QED) is 0.753. The topological polar surface area (TPSA) is 42.2 Å². The molecule has 0 atom stereocenters. The first-order valence-electron chi connectivity index (χ1n) is 5.79. The molecule has 0 radical (unpaired) electrons. The minimum absolute atomic E-state index is 0.221. The summed E-state index contributed by atoms with van der Waals surface area (Å²) in [6.45, 7) is 0.306. The van der Waals surface area contributed by atoms with Crippen LogP contribution in [0.1, 0.15) is 11.1 Å². The van der Waals surface area contributed by atoms with Gasteiger partial charge in [0.05, 0.1) is 10.7 Å². The maximum absolute atomic E-state index is 13.4. The summed E-state index contributed by atoms with van der Waals surface area (Å²) in [4.78, 5) is 0. The van der Waals surface area contributed by atoms with Gasteiger partial charge in [0.25, 0.3) is 0 Å². The Kier molecular flexibility index (Phi) is 4.79. The first kappa shape index (κ1) is 14.6. The van der Waals surface area contributed by atoms with E-state index in [0.717, 1.165) is 11.3 Å². The van der Waals surface area contributed by atoms with Crippen LogP contribution in [0.15, 0.2) is 36.4 Å². The smallest absolute Gasteiger partial charge is 0.138 e. The van der Waals surface area contributed by atoms with Crippen LogP contribution in [-0.2, 0) is 6.61 Å². The number of halogens is 2. The molecule has 0 spiro atoms. The van der Waals surface area contributed by atoms with Crippen molar-refractivity contribution in [2.24, 2.45) is 0 Å². The number of nitriles is 1. The zero-order valence-corrected chi connectivity index (χ0v) is 12.8. The van der Waals surface area contributed by atoms with E-state index in [2.05, 4.69) is 0 Å². The molecular formula is C15H11FINO2. The van der Waals surface area contributed by atoms with Crippen molar-refractivity contribution in [3.8, 4) is 17.6 Å². The Labute approximate surface area is 130 Å². The predicted octanol–water partition coefficient (Wildman–Crippen LogP) is 3.89. The van der Waals surface area contributed by atoms with Gasteiger partial charge in [0.15, 0.2) is 0 Å². The molecule has 0 aliphatic heterocycles. The zero-order chi connectivity index (χ0) is 14.5. The molecule has 5 heteroatoms. The van der Waals surface area contributed by atoms with E-state index in [1.165, 1.54) is 12.1 Å². The van der Waals surface area contributed by atoms with Gasteiger partial charge in [-0.1, -0.05) is 12.1 Å². The first-order chi connectivity index (χ1) is 9.65. The molecule has 0 fully saturated rings. The Morgan fingerprint density at radius 1 is 1.20 bits per heavy atom. The average Bonchev–Trinajstić information content (AvgIpc) is 2.49. The molecule has 0 bridgehead atoms. The van der Waals surface area contributed by atoms with Gasteiger partial charge in [-0.3, -0.25) is 0 Å². The predicted molar refractivity (Wildman–Crippen MR) is 81.2 cm³/mol. The van der Waals surface area contributed by atoms with Crippen molar-refractivity contribution in [1.82, 2.24) is 0 Å². The molecule has 0 saturated heterocycles. The van der Waals surface area contributed by atoms with Gasteiger partial charge < -0.3 is 9.47 Å². The molecule has 0 aliphatic rings. The summed E-state index contributed by atoms with van der Waals surface area (Å²) in [6.07, 6.45) is 0. The van der Waals surface area contributed by atoms with E-state index >= 15 is 0 Å². The minimum atomic E-state index is -0.418. The number of methoxy groups -OCH3 is 1. The van der Waals surface area contributed by atoms with E-state index in [9.17, 15) is 4.39 Å². The SMILES string of the molecule is COc1ccc(COc2ccc(F)c(I)c2C#N)cc1. The molecule has 20 heavy (non-hydrogen) atoms. The molecule has 0 saturated carbocycles. The lowest BCUT2D eigenvalue weighted by Gasteiger charge is -2.10. The van der Waals surface area contributed by atoms with Crippen LogP contribution in [0.3, 0.4) is 0 Å². The van der Waals surface area contributed by atoms with Crippen molar-refractivity contribution in [2.75, 3.05) is 7.11 Å². The van der Waals surface area contributed by atoms with Crippen molar-refractivity contribution in [2.45, 2.75) is 6.61 Å². The lowest BCUT2D eigenvalue weighted by molar-refractivity contribution is 0.304. The molecule has 0 amide bonds. The van der Waals surface area contributed by atoms with Gasteiger partial charge in [0, 0.05) is 0 Å². The minimum Gasteiger partial charge on any atom is -0.497 e. The Hall–Kier alpha value is -1.81. The molecule has 3 nitrogen and oxygen atoms in total. The molecule has 0 heterocycles. The van der Waals surface area contributed by atoms with Gasteiger partial charge in [-0.2, -0.15) is 5.26 Å². The second-order valence-corrected chi connectivity index (χ2v) is 5.06. The molecule has 2 rings (SSSR count). The average molecular weight is 383 g/mol. The number of hydrogen-bond acceptors (Lipinski definition) is 3. The third kappa shape index (κ3) is 3.20. The fourth-order valence-electron chi connectivity index (χ4n) is 1.64. The molecule has 2 aromatic rings. The van der Waals surface area contributed by atoms with Crippen LogP contribution in [0.4, 0.5) is 4.39 Å². The van der Waals surface area contributed by atoms with Crippen LogP contribution in [0.2, 0.25) is 0 Å². The van der Waals surface area contributed by atoms with E-state index < -0.39 is 5.82 Å². The van der Waals surface area contributed by atoms with Crippen molar-refractivity contribution in [3.05, 3.63) is 56.9 Å². The zero-order valence-electron chi connectivity index (χ0n) is 10.7. The first-order valence-corrected chi connectivity index (χ1v) is 6.87. The molecule has 2 aromatic carbocycles. The van der Waals surface area contributed by atoms with Gasteiger partial charge in [-0.05, 0) is 52.4 Å². The summed E-state index contributed by atoms with van der Waals surface area (Å²) in [5, 5.41) is 9.07. The number of benzene rings is 2. The number of ether oxygens (including phenoxy) is 2. The van der Waals surface area contributed by atoms with Crippen LogP contribution in [0.25, 0.3) is 0 Å². The van der Waals surface area contributed by atoms with E-state index in [0.29, 0.717) is 12.4 Å². The lowest BCUT2D eigenvalue weighted by Crippen LogP contribution is -2.00. The lowest BCUT2D eigenvalue weighted by atomic mass is 10.2. The Morgan fingerprint density at radius 2 is 1.90 bits per heavy atom. The summed E-state index contributed by atoms with van der Waals surface area (Å²) in [7, 11) is 1.60. The fraction of sp³-hybridized carbons (Fsp3) is 0.133. The van der Waals surface area contributed by atoms with Crippen molar-refractivity contribution >= 4 is 22.6 Å². The third-order valence-electron chi connectivity index (χ3n) is 2.72. The van der Waals surface area contributed by atoms with Crippen molar-refractivity contribution in [3.63, 3.8) is 0 Å². The fourth-order valence-corrected chi connectivity index (χ4v) is 2.21. The van der Waals surface area contributed by atoms with Gasteiger partial charge in [0.1, 0.15) is 35.6 Å². The molecule has 0 N–H and O–H groups in total. The Morgan fingerprint density at radius 3 is 2.50 bits per heavy atom. The molecule has 0 aliphatic carbocycles. The van der Waals surface area contributed by atoms with Gasteiger partial charge in [-0.25, -0.2) is 4.39 Å². The normalized spacial score (nSPS) is 9.90. The number of nitrogens with zero attached hydrogens (tertiary/aromatic N) is 1. The highest BCUT2D eigenvalue weighted by Gasteiger charge is 2.12.